The number of hydrogen-bond acceptors (Lipinski definition) is 4. The molecule has 0 saturated heterocycles. The van der Waals surface area contributed by atoms with Crippen molar-refractivity contribution < 1.29 is 18.3 Å². The van der Waals surface area contributed by atoms with E-state index in [0.29, 0.717) is 25.4 Å². The van der Waals surface area contributed by atoms with Crippen LogP contribution in [0, 0.1) is 5.92 Å². The molecule has 120 valence electrons. The van der Waals surface area contributed by atoms with Crippen molar-refractivity contribution in [2.75, 3.05) is 18.1 Å². The smallest absolute Gasteiger partial charge is 0.150 e. The van der Waals surface area contributed by atoms with Crippen LogP contribution in [0.2, 0.25) is 0 Å². The minimum atomic E-state index is -2.94. The molecule has 1 aliphatic rings. The molecule has 1 aliphatic carbocycles. The Morgan fingerprint density at radius 3 is 2.40 bits per heavy atom. The number of sulfone groups is 1. The van der Waals surface area contributed by atoms with Gasteiger partial charge in [-0.25, -0.2) is 8.42 Å². The summed E-state index contributed by atoms with van der Waals surface area (Å²) in [6.07, 6.45) is 4.37. The molecule has 0 amide bonds. The molecule has 0 radical (unpaired) electrons. The van der Waals surface area contributed by atoms with Gasteiger partial charge in [-0.1, -0.05) is 13.8 Å². The van der Waals surface area contributed by atoms with Crippen molar-refractivity contribution in [3.05, 3.63) is 0 Å². The van der Waals surface area contributed by atoms with Crippen LogP contribution in [0.3, 0.4) is 0 Å². The topological polar surface area (TPSA) is 63.6 Å². The molecule has 1 saturated carbocycles. The van der Waals surface area contributed by atoms with Crippen LogP contribution in [0.5, 0.6) is 0 Å². The van der Waals surface area contributed by atoms with Gasteiger partial charge in [0.25, 0.3) is 0 Å². The summed E-state index contributed by atoms with van der Waals surface area (Å²) < 4.78 is 28.9. The third kappa shape index (κ3) is 5.01. The van der Waals surface area contributed by atoms with E-state index in [-0.39, 0.29) is 11.5 Å². The monoisotopic (exact) mass is 306 g/mol. The van der Waals surface area contributed by atoms with Crippen LogP contribution in [0.15, 0.2) is 0 Å². The molecule has 5 heteroatoms. The molecule has 4 nitrogen and oxygen atoms in total. The average molecular weight is 306 g/mol. The summed E-state index contributed by atoms with van der Waals surface area (Å²) in [4.78, 5) is 0. The molecular weight excluding hydrogens is 276 g/mol. The lowest BCUT2D eigenvalue weighted by Gasteiger charge is -2.42. The number of ether oxygens (including phenoxy) is 1. The molecule has 0 aromatic heterocycles. The van der Waals surface area contributed by atoms with Gasteiger partial charge >= 0.3 is 0 Å². The molecule has 1 fully saturated rings. The molecule has 0 aromatic carbocycles. The second kappa shape index (κ2) is 7.76. The van der Waals surface area contributed by atoms with Crippen molar-refractivity contribution in [2.24, 2.45) is 5.92 Å². The molecular formula is C15H30O4S. The number of aliphatic hydroxyl groups excluding tert-OH is 1. The van der Waals surface area contributed by atoms with Crippen LogP contribution < -0.4 is 0 Å². The van der Waals surface area contributed by atoms with Crippen LogP contribution in [0.25, 0.3) is 0 Å². The summed E-state index contributed by atoms with van der Waals surface area (Å²) in [6, 6.07) is 0. The Morgan fingerprint density at radius 2 is 1.90 bits per heavy atom. The first kappa shape index (κ1) is 17.9. The van der Waals surface area contributed by atoms with Crippen LogP contribution >= 0.6 is 0 Å². The van der Waals surface area contributed by atoms with Crippen molar-refractivity contribution >= 4 is 9.84 Å². The molecule has 1 N–H and O–H groups in total. The molecule has 0 bridgehead atoms. The van der Waals surface area contributed by atoms with Crippen LogP contribution in [0.1, 0.15) is 59.3 Å². The summed E-state index contributed by atoms with van der Waals surface area (Å²) in [5, 5.41) is 10.5. The summed E-state index contributed by atoms with van der Waals surface area (Å²) in [7, 11) is -2.94. The molecule has 1 rings (SSSR count). The maximum absolute atomic E-state index is 11.5. The van der Waals surface area contributed by atoms with E-state index in [1.54, 1.807) is 6.92 Å². The summed E-state index contributed by atoms with van der Waals surface area (Å²) in [5.41, 5.74) is -0.447. The third-order valence-electron chi connectivity index (χ3n) is 4.53. The first-order valence-corrected chi connectivity index (χ1v) is 9.70. The molecule has 20 heavy (non-hydrogen) atoms. The Kier molecular flexibility index (Phi) is 6.95. The zero-order valence-corrected chi connectivity index (χ0v) is 13.9. The van der Waals surface area contributed by atoms with E-state index in [1.165, 1.54) is 0 Å². The van der Waals surface area contributed by atoms with Gasteiger partial charge in [-0.05, 0) is 51.4 Å². The van der Waals surface area contributed by atoms with E-state index in [4.69, 9.17) is 4.74 Å². The average Bonchev–Trinajstić information content (AvgIpc) is 2.41. The Labute approximate surface area is 123 Å². The van der Waals surface area contributed by atoms with Gasteiger partial charge in [0.1, 0.15) is 9.84 Å². The summed E-state index contributed by atoms with van der Waals surface area (Å²) in [6.45, 7) is 6.44. The zero-order chi connectivity index (χ0) is 15.2. The van der Waals surface area contributed by atoms with E-state index in [0.717, 1.165) is 25.7 Å². The van der Waals surface area contributed by atoms with Gasteiger partial charge in [0.05, 0.1) is 17.5 Å². The molecule has 0 spiro atoms. The summed E-state index contributed by atoms with van der Waals surface area (Å²) >= 11 is 0. The van der Waals surface area contributed by atoms with E-state index >= 15 is 0 Å². The van der Waals surface area contributed by atoms with Crippen molar-refractivity contribution in [1.82, 2.24) is 0 Å². The second-order valence-electron chi connectivity index (χ2n) is 6.07. The van der Waals surface area contributed by atoms with Crippen LogP contribution in [-0.4, -0.2) is 43.3 Å². The van der Waals surface area contributed by atoms with E-state index in [2.05, 4.69) is 6.92 Å². The van der Waals surface area contributed by atoms with E-state index in [9.17, 15) is 13.5 Å². The Morgan fingerprint density at radius 1 is 1.30 bits per heavy atom. The van der Waals surface area contributed by atoms with Gasteiger partial charge in [0.15, 0.2) is 0 Å². The molecule has 1 unspecified atom stereocenters. The van der Waals surface area contributed by atoms with E-state index < -0.39 is 21.5 Å². The van der Waals surface area contributed by atoms with Crippen molar-refractivity contribution in [2.45, 2.75) is 71.0 Å². The van der Waals surface area contributed by atoms with Crippen molar-refractivity contribution in [3.8, 4) is 0 Å². The fourth-order valence-electron chi connectivity index (χ4n) is 3.02. The lowest BCUT2D eigenvalue weighted by atomic mass is 9.75. The molecule has 0 aromatic rings. The highest BCUT2D eigenvalue weighted by molar-refractivity contribution is 7.91. The van der Waals surface area contributed by atoms with Gasteiger partial charge in [-0.15, -0.1) is 0 Å². The highest BCUT2D eigenvalue weighted by atomic mass is 32.2. The fraction of sp³-hybridized carbons (Fsp3) is 1.00. The van der Waals surface area contributed by atoms with Crippen LogP contribution in [0.4, 0.5) is 0 Å². The fourth-order valence-corrected chi connectivity index (χ4v) is 3.91. The number of rotatable bonds is 8. The summed E-state index contributed by atoms with van der Waals surface area (Å²) in [5.74, 6) is 1.03. The predicted octanol–water partition coefficient (Wildman–Crippen LogP) is 2.55. The second-order valence-corrected chi connectivity index (χ2v) is 8.55. The number of aliphatic hydroxyl groups is 1. The van der Waals surface area contributed by atoms with Crippen molar-refractivity contribution in [3.63, 3.8) is 0 Å². The maximum Gasteiger partial charge on any atom is 0.150 e. The van der Waals surface area contributed by atoms with E-state index in [1.807, 2.05) is 6.92 Å². The van der Waals surface area contributed by atoms with Gasteiger partial charge in [-0.2, -0.15) is 0 Å². The van der Waals surface area contributed by atoms with Gasteiger partial charge in [0, 0.05) is 12.4 Å². The molecule has 0 heterocycles. The molecule has 1 atom stereocenters. The number of hydrogen-bond donors (Lipinski definition) is 1. The SMILES string of the molecule is CCOC1(C(O)CCCS(=O)(=O)CC)CCC(C)CC1. The Hall–Kier alpha value is -0.130. The minimum Gasteiger partial charge on any atom is -0.390 e. The normalized spacial score (nSPS) is 29.3. The van der Waals surface area contributed by atoms with Gasteiger partial charge < -0.3 is 9.84 Å². The van der Waals surface area contributed by atoms with Crippen LogP contribution in [-0.2, 0) is 14.6 Å². The quantitative estimate of drug-likeness (QED) is 0.748. The Balaban J connectivity index is 2.54. The lowest BCUT2D eigenvalue weighted by molar-refractivity contribution is -0.146. The zero-order valence-electron chi connectivity index (χ0n) is 13.1. The first-order valence-electron chi connectivity index (χ1n) is 7.87. The Bertz CT molecular complexity index is 369. The standard InChI is InChI=1S/C15H30O4S/c1-4-19-15(10-8-13(3)9-11-15)14(16)7-6-12-20(17,18)5-2/h13-14,16H,4-12H2,1-3H3. The highest BCUT2D eigenvalue weighted by Gasteiger charge is 2.41. The molecule has 0 aliphatic heterocycles. The third-order valence-corrected chi connectivity index (χ3v) is 6.32. The maximum atomic E-state index is 11.5. The minimum absolute atomic E-state index is 0.166. The highest BCUT2D eigenvalue weighted by Crippen LogP contribution is 2.38. The first-order chi connectivity index (χ1) is 9.35. The van der Waals surface area contributed by atoms with Gasteiger partial charge in [0.2, 0.25) is 0 Å². The van der Waals surface area contributed by atoms with Gasteiger partial charge in [-0.3, -0.25) is 0 Å². The lowest BCUT2D eigenvalue weighted by Crippen LogP contribution is -2.47. The largest absolute Gasteiger partial charge is 0.390 e. The van der Waals surface area contributed by atoms with Crippen molar-refractivity contribution in [1.29, 1.82) is 0 Å². The predicted molar refractivity (Wildman–Crippen MR) is 81.6 cm³/mol.